The Bertz CT molecular complexity index is 636. The summed E-state index contributed by atoms with van der Waals surface area (Å²) < 4.78 is 18.1. The Labute approximate surface area is 109 Å². The molecule has 5 heteroatoms. The lowest BCUT2D eigenvalue weighted by Crippen LogP contribution is -2.16. The average molecular weight is 256 g/mol. The van der Waals surface area contributed by atoms with Crippen molar-refractivity contribution in [1.82, 2.24) is 0 Å². The summed E-state index contributed by atoms with van der Waals surface area (Å²) in [6.07, 6.45) is -0.707. The van der Waals surface area contributed by atoms with Crippen LogP contribution in [0.5, 0.6) is 5.75 Å². The Hall–Kier alpha value is -2.87. The molecule has 94 valence electrons. The van der Waals surface area contributed by atoms with Gasteiger partial charge in [-0.1, -0.05) is 18.2 Å². The lowest BCUT2D eigenvalue weighted by Gasteiger charge is -2.06. The lowest BCUT2D eigenvalue weighted by atomic mass is 10.2. The lowest BCUT2D eigenvalue weighted by molar-refractivity contribution is 0.215. The summed E-state index contributed by atoms with van der Waals surface area (Å²) in [5.41, 5.74) is 0.149. The Morgan fingerprint density at radius 2 is 1.95 bits per heavy atom. The molecule has 0 unspecified atom stereocenters. The zero-order valence-corrected chi connectivity index (χ0v) is 9.76. The highest BCUT2D eigenvalue weighted by molar-refractivity contribution is 5.86. The van der Waals surface area contributed by atoms with E-state index in [0.717, 1.165) is 6.07 Å². The molecule has 0 saturated heterocycles. The second kappa shape index (κ2) is 5.65. The molecular formula is C14H9FN2O2. The maximum atomic E-state index is 13.1. The first-order valence-corrected chi connectivity index (χ1v) is 5.42. The van der Waals surface area contributed by atoms with Gasteiger partial charge in [0.05, 0.1) is 5.56 Å². The second-order valence-electron chi connectivity index (χ2n) is 3.63. The van der Waals surface area contributed by atoms with Crippen LogP contribution in [0.1, 0.15) is 5.56 Å². The first kappa shape index (κ1) is 12.6. The molecule has 2 aromatic carbocycles. The van der Waals surface area contributed by atoms with Crippen LogP contribution in [0.15, 0.2) is 48.5 Å². The van der Waals surface area contributed by atoms with Gasteiger partial charge in [0.25, 0.3) is 0 Å². The van der Waals surface area contributed by atoms with Gasteiger partial charge in [0.2, 0.25) is 0 Å². The van der Waals surface area contributed by atoms with E-state index in [1.165, 1.54) is 12.1 Å². The number of carbonyl (C=O) groups is 1. The second-order valence-corrected chi connectivity index (χ2v) is 3.63. The number of rotatable bonds is 2. The number of carbonyl (C=O) groups excluding carboxylic acids is 1. The van der Waals surface area contributed by atoms with Gasteiger partial charge < -0.3 is 4.74 Å². The third-order valence-corrected chi connectivity index (χ3v) is 2.29. The molecule has 19 heavy (non-hydrogen) atoms. The van der Waals surface area contributed by atoms with Crippen molar-refractivity contribution in [3.8, 4) is 11.8 Å². The molecule has 1 N–H and O–H groups in total. The van der Waals surface area contributed by atoms with Crippen LogP contribution < -0.4 is 10.1 Å². The van der Waals surface area contributed by atoms with Gasteiger partial charge in [0.1, 0.15) is 17.6 Å². The fraction of sp³-hybridized carbons (Fsp3) is 0. The van der Waals surface area contributed by atoms with E-state index >= 15 is 0 Å². The summed E-state index contributed by atoms with van der Waals surface area (Å²) in [4.78, 5) is 11.6. The van der Waals surface area contributed by atoms with Crippen molar-refractivity contribution < 1.29 is 13.9 Å². The highest BCUT2D eigenvalue weighted by atomic mass is 19.1. The molecule has 0 heterocycles. The van der Waals surface area contributed by atoms with Crippen LogP contribution in [0.3, 0.4) is 0 Å². The molecule has 0 aliphatic carbocycles. The number of nitrogens with zero attached hydrogens (tertiary/aromatic N) is 1. The minimum Gasteiger partial charge on any atom is -0.410 e. The Morgan fingerprint density at radius 3 is 2.63 bits per heavy atom. The maximum absolute atomic E-state index is 13.1. The molecular weight excluding hydrogens is 247 g/mol. The third-order valence-electron chi connectivity index (χ3n) is 2.29. The van der Waals surface area contributed by atoms with Gasteiger partial charge in [-0.25, -0.2) is 9.18 Å². The van der Waals surface area contributed by atoms with Gasteiger partial charge in [-0.15, -0.1) is 0 Å². The van der Waals surface area contributed by atoms with Gasteiger partial charge >= 0.3 is 6.09 Å². The van der Waals surface area contributed by atoms with E-state index in [4.69, 9.17) is 10.00 Å². The van der Waals surface area contributed by atoms with Crippen molar-refractivity contribution in [3.63, 3.8) is 0 Å². The highest BCUT2D eigenvalue weighted by Gasteiger charge is 2.07. The first-order valence-electron chi connectivity index (χ1n) is 5.42. The zero-order valence-electron chi connectivity index (χ0n) is 9.76. The molecule has 2 aromatic rings. The summed E-state index contributed by atoms with van der Waals surface area (Å²) >= 11 is 0. The summed E-state index contributed by atoms with van der Waals surface area (Å²) in [5, 5.41) is 11.1. The van der Waals surface area contributed by atoms with E-state index in [1.54, 1.807) is 36.4 Å². The largest absolute Gasteiger partial charge is 0.417 e. The van der Waals surface area contributed by atoms with Gasteiger partial charge in [-0.05, 0) is 30.3 Å². The predicted molar refractivity (Wildman–Crippen MR) is 67.2 cm³/mol. The summed E-state index contributed by atoms with van der Waals surface area (Å²) in [5.74, 6) is -0.243. The number of hydrogen-bond donors (Lipinski definition) is 1. The number of nitriles is 1. The van der Waals surface area contributed by atoms with Crippen molar-refractivity contribution in [2.75, 3.05) is 5.32 Å². The fourth-order valence-corrected chi connectivity index (χ4v) is 1.43. The molecule has 0 saturated carbocycles. The van der Waals surface area contributed by atoms with E-state index in [1.807, 2.05) is 0 Å². The zero-order chi connectivity index (χ0) is 13.7. The summed E-state index contributed by atoms with van der Waals surface area (Å²) in [6.45, 7) is 0. The molecule has 0 aliphatic heterocycles. The SMILES string of the molecule is N#Cc1cc(NC(=O)Oc2ccccc2)ccc1F. The van der Waals surface area contributed by atoms with Gasteiger partial charge in [-0.3, -0.25) is 5.32 Å². The number of anilines is 1. The van der Waals surface area contributed by atoms with E-state index in [-0.39, 0.29) is 5.56 Å². The van der Waals surface area contributed by atoms with Crippen molar-refractivity contribution in [3.05, 3.63) is 59.9 Å². The van der Waals surface area contributed by atoms with Crippen LogP contribution >= 0.6 is 0 Å². The summed E-state index contributed by atoms with van der Waals surface area (Å²) in [6, 6.07) is 13.9. The van der Waals surface area contributed by atoms with Crippen LogP contribution in [-0.2, 0) is 0 Å². The first-order chi connectivity index (χ1) is 9.19. The molecule has 0 spiro atoms. The molecule has 0 aromatic heterocycles. The topological polar surface area (TPSA) is 62.1 Å². The van der Waals surface area contributed by atoms with Crippen LogP contribution in [-0.4, -0.2) is 6.09 Å². The van der Waals surface area contributed by atoms with Crippen molar-refractivity contribution in [2.24, 2.45) is 0 Å². The van der Waals surface area contributed by atoms with Crippen molar-refractivity contribution in [2.45, 2.75) is 0 Å². The quantitative estimate of drug-likeness (QED) is 0.896. The molecule has 0 atom stereocenters. The van der Waals surface area contributed by atoms with E-state index in [9.17, 15) is 9.18 Å². The fourth-order valence-electron chi connectivity index (χ4n) is 1.43. The van der Waals surface area contributed by atoms with Gasteiger partial charge in [0.15, 0.2) is 0 Å². The Morgan fingerprint density at radius 1 is 1.21 bits per heavy atom. The average Bonchev–Trinajstić information content (AvgIpc) is 2.42. The number of hydrogen-bond acceptors (Lipinski definition) is 3. The maximum Gasteiger partial charge on any atom is 0.417 e. The van der Waals surface area contributed by atoms with Crippen LogP contribution in [0.2, 0.25) is 0 Å². The Kier molecular flexibility index (Phi) is 3.74. The number of nitrogens with one attached hydrogen (secondary N) is 1. The van der Waals surface area contributed by atoms with Crippen molar-refractivity contribution in [1.29, 1.82) is 5.26 Å². The monoisotopic (exact) mass is 256 g/mol. The molecule has 2 rings (SSSR count). The number of benzene rings is 2. The van der Waals surface area contributed by atoms with Crippen molar-refractivity contribution >= 4 is 11.8 Å². The van der Waals surface area contributed by atoms with Crippen LogP contribution in [0.25, 0.3) is 0 Å². The minimum absolute atomic E-state index is 0.141. The minimum atomic E-state index is -0.707. The van der Waals surface area contributed by atoms with E-state index in [0.29, 0.717) is 11.4 Å². The predicted octanol–water partition coefficient (Wildman–Crippen LogP) is 3.31. The van der Waals surface area contributed by atoms with Gasteiger partial charge in [-0.2, -0.15) is 5.26 Å². The molecule has 0 aliphatic rings. The van der Waals surface area contributed by atoms with E-state index in [2.05, 4.69) is 5.32 Å². The molecule has 4 nitrogen and oxygen atoms in total. The summed E-state index contributed by atoms with van der Waals surface area (Å²) in [7, 11) is 0. The standard InChI is InChI=1S/C14H9FN2O2/c15-13-7-6-11(8-10(13)9-16)17-14(18)19-12-4-2-1-3-5-12/h1-8H,(H,17,18). The molecule has 0 bridgehead atoms. The number of para-hydroxylation sites is 1. The van der Waals surface area contributed by atoms with Crippen LogP contribution in [0.4, 0.5) is 14.9 Å². The smallest absolute Gasteiger partial charge is 0.410 e. The highest BCUT2D eigenvalue weighted by Crippen LogP contribution is 2.15. The molecule has 0 radical (unpaired) electrons. The molecule has 1 amide bonds. The van der Waals surface area contributed by atoms with Gasteiger partial charge in [0, 0.05) is 5.69 Å². The van der Waals surface area contributed by atoms with Crippen LogP contribution in [0, 0.1) is 17.1 Å². The number of amides is 1. The number of ether oxygens (including phenoxy) is 1. The normalized spacial score (nSPS) is 9.47. The Balaban J connectivity index is 2.06. The molecule has 0 fully saturated rings. The third kappa shape index (κ3) is 3.30. The number of halogens is 1. The van der Waals surface area contributed by atoms with E-state index < -0.39 is 11.9 Å².